The molecule has 0 bridgehead atoms. The molecule has 0 spiro atoms. The van der Waals surface area contributed by atoms with Gasteiger partial charge in [-0.1, -0.05) is 15.9 Å². The van der Waals surface area contributed by atoms with Crippen LogP contribution in [0.25, 0.3) is 0 Å². The lowest BCUT2D eigenvalue weighted by Gasteiger charge is -2.16. The molecule has 2 heterocycles. The SMILES string of the molecule is O=c1ccn(C2O[C@H](C(O)Br)[C@@H](O)[C@H]2O)c(=O)[nH]1. The molecule has 9 heteroatoms. The number of hydrogen-bond donors (Lipinski definition) is 4. The van der Waals surface area contributed by atoms with Crippen LogP contribution in [0.2, 0.25) is 0 Å². The number of alkyl halides is 1. The summed E-state index contributed by atoms with van der Waals surface area (Å²) in [6.45, 7) is 0. The topological polar surface area (TPSA) is 125 Å². The Hall–Kier alpha value is -1.00. The Morgan fingerprint density at radius 3 is 2.56 bits per heavy atom. The van der Waals surface area contributed by atoms with Crippen LogP contribution in [-0.2, 0) is 4.74 Å². The molecule has 2 rings (SSSR count). The van der Waals surface area contributed by atoms with Crippen molar-refractivity contribution < 1.29 is 20.1 Å². The van der Waals surface area contributed by atoms with E-state index in [1.165, 1.54) is 0 Å². The summed E-state index contributed by atoms with van der Waals surface area (Å²) in [6.07, 6.45) is -3.87. The lowest BCUT2D eigenvalue weighted by Crippen LogP contribution is -2.38. The number of aromatic amines is 1. The molecule has 1 aliphatic rings. The third-order valence-corrected chi connectivity index (χ3v) is 3.19. The predicted octanol–water partition coefficient (Wildman–Crippen LogP) is -2.13. The van der Waals surface area contributed by atoms with Crippen molar-refractivity contribution in [3.63, 3.8) is 0 Å². The molecule has 1 aromatic heterocycles. The van der Waals surface area contributed by atoms with Gasteiger partial charge in [-0.2, -0.15) is 0 Å². The standard InChI is InChI=1S/C9H11BrN2O6/c10-7(16)6-4(14)5(15)8(18-6)12-2-1-3(13)11-9(12)17/h1-2,4-8,14-16H,(H,11,13,17)/t4-,5+,6-,7?,8?/m0/s1. The van der Waals surface area contributed by atoms with Gasteiger partial charge in [-0.25, -0.2) is 4.79 Å². The summed E-state index contributed by atoms with van der Waals surface area (Å²) in [5.41, 5.74) is -1.36. The van der Waals surface area contributed by atoms with E-state index in [4.69, 9.17) is 4.74 Å². The number of aliphatic hydroxyl groups is 3. The number of ether oxygens (including phenoxy) is 1. The zero-order chi connectivity index (χ0) is 13.4. The summed E-state index contributed by atoms with van der Waals surface area (Å²) < 4.78 is 6.13. The maximum Gasteiger partial charge on any atom is 0.330 e. The van der Waals surface area contributed by atoms with Crippen molar-refractivity contribution >= 4 is 15.9 Å². The highest BCUT2D eigenvalue weighted by molar-refractivity contribution is 9.09. The molecule has 0 radical (unpaired) electrons. The second-order valence-corrected chi connectivity index (χ2v) is 4.80. The summed E-state index contributed by atoms with van der Waals surface area (Å²) in [4.78, 5) is 24.4. The van der Waals surface area contributed by atoms with Gasteiger partial charge in [0, 0.05) is 12.3 Å². The van der Waals surface area contributed by atoms with Gasteiger partial charge < -0.3 is 20.1 Å². The Morgan fingerprint density at radius 1 is 1.39 bits per heavy atom. The normalized spacial score (nSPS) is 33.6. The van der Waals surface area contributed by atoms with Gasteiger partial charge in [-0.3, -0.25) is 14.3 Å². The number of rotatable bonds is 2. The number of aliphatic hydroxyl groups excluding tert-OH is 3. The molecule has 1 aliphatic heterocycles. The Balaban J connectivity index is 2.35. The van der Waals surface area contributed by atoms with Gasteiger partial charge in [0.05, 0.1) is 0 Å². The van der Waals surface area contributed by atoms with E-state index in [2.05, 4.69) is 15.9 Å². The smallest absolute Gasteiger partial charge is 0.330 e. The van der Waals surface area contributed by atoms with Crippen molar-refractivity contribution in [2.24, 2.45) is 0 Å². The molecule has 1 aromatic rings. The summed E-state index contributed by atoms with van der Waals surface area (Å²) in [5, 5.41) is 27.5. The lowest BCUT2D eigenvalue weighted by molar-refractivity contribution is -0.0614. The van der Waals surface area contributed by atoms with E-state index in [-0.39, 0.29) is 0 Å². The van der Waals surface area contributed by atoms with Crippen molar-refractivity contribution in [1.29, 1.82) is 0 Å². The van der Waals surface area contributed by atoms with Crippen molar-refractivity contribution in [2.75, 3.05) is 0 Å². The number of nitrogens with zero attached hydrogens (tertiary/aromatic N) is 1. The first-order valence-corrected chi connectivity index (χ1v) is 5.98. The minimum Gasteiger partial charge on any atom is -0.387 e. The van der Waals surface area contributed by atoms with Crippen LogP contribution >= 0.6 is 15.9 Å². The lowest BCUT2D eigenvalue weighted by atomic mass is 10.1. The van der Waals surface area contributed by atoms with Crippen LogP contribution in [0.5, 0.6) is 0 Å². The summed E-state index contributed by atoms with van der Waals surface area (Å²) >= 11 is 2.81. The molecule has 18 heavy (non-hydrogen) atoms. The molecule has 8 nitrogen and oxygen atoms in total. The van der Waals surface area contributed by atoms with Gasteiger partial charge in [-0.15, -0.1) is 0 Å². The van der Waals surface area contributed by atoms with Gasteiger partial charge >= 0.3 is 5.69 Å². The van der Waals surface area contributed by atoms with E-state index in [1.54, 1.807) is 0 Å². The number of halogens is 1. The van der Waals surface area contributed by atoms with E-state index >= 15 is 0 Å². The third-order valence-electron chi connectivity index (χ3n) is 2.67. The first-order chi connectivity index (χ1) is 8.41. The van der Waals surface area contributed by atoms with Gasteiger partial charge in [0.2, 0.25) is 0 Å². The van der Waals surface area contributed by atoms with Crippen LogP contribution in [0.3, 0.4) is 0 Å². The Morgan fingerprint density at radius 2 is 2.06 bits per heavy atom. The minimum absolute atomic E-state index is 0.582. The quantitative estimate of drug-likeness (QED) is 0.461. The van der Waals surface area contributed by atoms with Crippen LogP contribution in [0.4, 0.5) is 0 Å². The van der Waals surface area contributed by atoms with Gasteiger partial charge in [0.15, 0.2) is 6.23 Å². The van der Waals surface area contributed by atoms with Gasteiger partial charge in [0.1, 0.15) is 23.3 Å². The highest BCUT2D eigenvalue weighted by Crippen LogP contribution is 2.31. The number of aromatic nitrogens is 2. The number of H-pyrrole nitrogens is 1. The van der Waals surface area contributed by atoms with E-state index in [0.29, 0.717) is 0 Å². The van der Waals surface area contributed by atoms with E-state index in [9.17, 15) is 24.9 Å². The fourth-order valence-corrected chi connectivity index (χ4v) is 2.21. The van der Waals surface area contributed by atoms with E-state index in [0.717, 1.165) is 16.8 Å². The van der Waals surface area contributed by atoms with Crippen molar-refractivity contribution in [3.8, 4) is 0 Å². The zero-order valence-corrected chi connectivity index (χ0v) is 10.5. The number of nitrogens with one attached hydrogen (secondary N) is 1. The van der Waals surface area contributed by atoms with Crippen LogP contribution in [-0.4, -0.2) is 48.2 Å². The second-order valence-electron chi connectivity index (χ2n) is 3.86. The number of hydrogen-bond acceptors (Lipinski definition) is 6. The van der Waals surface area contributed by atoms with Crippen LogP contribution in [0.1, 0.15) is 6.23 Å². The maximum absolute atomic E-state index is 11.5. The molecule has 2 unspecified atom stereocenters. The first-order valence-electron chi connectivity index (χ1n) is 5.07. The average molecular weight is 323 g/mol. The van der Waals surface area contributed by atoms with Crippen LogP contribution < -0.4 is 11.2 Å². The maximum atomic E-state index is 11.5. The summed E-state index contributed by atoms with van der Waals surface area (Å²) in [7, 11) is 0. The van der Waals surface area contributed by atoms with Crippen LogP contribution in [0, 0.1) is 0 Å². The fourth-order valence-electron chi connectivity index (χ4n) is 1.77. The zero-order valence-electron chi connectivity index (χ0n) is 8.93. The molecule has 5 atom stereocenters. The molecule has 0 aliphatic carbocycles. The minimum atomic E-state index is -1.40. The van der Waals surface area contributed by atoms with Gasteiger partial charge in [0.25, 0.3) is 5.56 Å². The molecule has 4 N–H and O–H groups in total. The van der Waals surface area contributed by atoms with Crippen molar-refractivity contribution in [3.05, 3.63) is 33.1 Å². The molecule has 100 valence electrons. The summed E-state index contributed by atoms with van der Waals surface area (Å²) in [6, 6.07) is 1.09. The molecule has 0 saturated carbocycles. The second kappa shape index (κ2) is 4.94. The fraction of sp³-hybridized carbons (Fsp3) is 0.556. The molecule has 1 fully saturated rings. The van der Waals surface area contributed by atoms with E-state index < -0.39 is 40.8 Å². The van der Waals surface area contributed by atoms with E-state index in [1.807, 2.05) is 4.98 Å². The Bertz CT molecular complexity index is 540. The third kappa shape index (κ3) is 2.27. The predicted molar refractivity (Wildman–Crippen MR) is 62.2 cm³/mol. The van der Waals surface area contributed by atoms with Crippen LogP contribution in [0.15, 0.2) is 21.9 Å². The molecular weight excluding hydrogens is 312 g/mol. The first kappa shape index (κ1) is 13.4. The average Bonchev–Trinajstić information content (AvgIpc) is 2.57. The van der Waals surface area contributed by atoms with Gasteiger partial charge in [-0.05, 0) is 0 Å². The monoisotopic (exact) mass is 322 g/mol. The molecule has 0 aromatic carbocycles. The van der Waals surface area contributed by atoms with Crippen molar-refractivity contribution in [2.45, 2.75) is 29.6 Å². The molecular formula is C9H11BrN2O6. The Kier molecular flexibility index (Phi) is 3.69. The highest BCUT2D eigenvalue weighted by Gasteiger charge is 2.46. The molecule has 1 saturated heterocycles. The summed E-state index contributed by atoms with van der Waals surface area (Å²) in [5.74, 6) is 0. The molecule has 0 amide bonds. The Labute approximate surface area is 109 Å². The highest BCUT2D eigenvalue weighted by atomic mass is 79.9. The van der Waals surface area contributed by atoms with Crippen molar-refractivity contribution in [1.82, 2.24) is 9.55 Å². The largest absolute Gasteiger partial charge is 0.387 e.